The van der Waals surface area contributed by atoms with Gasteiger partial charge in [-0.05, 0) is 35.7 Å². The number of aromatic amines is 1. The fraction of sp³-hybridized carbons (Fsp3) is 0.212. The number of amides is 1. The number of hydrogen-bond acceptors (Lipinski definition) is 7. The van der Waals surface area contributed by atoms with E-state index in [1.165, 1.54) is 14.2 Å². The molecule has 4 heterocycles. The molecule has 0 bridgehead atoms. The fourth-order valence-corrected chi connectivity index (χ4v) is 5.45. The Morgan fingerprint density at radius 3 is 2.70 bits per heavy atom. The molecule has 43 heavy (non-hydrogen) atoms. The first kappa shape index (κ1) is 27.9. The van der Waals surface area contributed by atoms with Crippen LogP contribution in [-0.4, -0.2) is 52.2 Å². The van der Waals surface area contributed by atoms with Gasteiger partial charge >= 0.3 is 5.97 Å². The smallest absolute Gasteiger partial charge is 0.356 e. The zero-order valence-electron chi connectivity index (χ0n) is 24.0. The normalized spacial score (nSPS) is 11.3. The molecule has 0 aliphatic heterocycles. The van der Waals surface area contributed by atoms with Crippen LogP contribution in [0.25, 0.3) is 32.8 Å². The van der Waals surface area contributed by atoms with E-state index in [0.717, 1.165) is 38.6 Å². The molecule has 0 saturated carbocycles. The molecule has 2 aromatic carbocycles. The summed E-state index contributed by atoms with van der Waals surface area (Å²) in [7, 11) is 2.87. The summed E-state index contributed by atoms with van der Waals surface area (Å²) in [5.74, 6) is -0.835. The Kier molecular flexibility index (Phi) is 8.01. The summed E-state index contributed by atoms with van der Waals surface area (Å²) in [6.07, 6.45) is 6.27. The predicted molar refractivity (Wildman–Crippen MR) is 167 cm³/mol. The number of ether oxygens (including phenoxy) is 2. The van der Waals surface area contributed by atoms with Gasteiger partial charge in [-0.15, -0.1) is 0 Å². The summed E-state index contributed by atoms with van der Waals surface area (Å²) < 4.78 is 12.1. The highest BCUT2D eigenvalue weighted by molar-refractivity contribution is 6.11. The topological polar surface area (TPSA) is 123 Å². The molecule has 0 saturated heterocycles. The molecule has 0 unspecified atom stereocenters. The van der Waals surface area contributed by atoms with Gasteiger partial charge in [-0.2, -0.15) is 0 Å². The van der Waals surface area contributed by atoms with E-state index in [-0.39, 0.29) is 24.6 Å². The standard InChI is InChI=1S/C33H32N6O4/c1-42-16-13-28(40)38-30-26-17-24(35-19-23-8-5-7-21-9-6-14-34-29(21)23)20-37-32(26)39(31(30)33(41)43-2)15-12-22-18-36-27-11-4-3-10-25(22)27/h3-11,14,17-18,20,35-36H,12-13,15-16,19H2,1-2H3,(H,38,40). The lowest BCUT2D eigenvalue weighted by Gasteiger charge is -2.11. The van der Waals surface area contributed by atoms with Crippen molar-refractivity contribution in [1.82, 2.24) is 19.5 Å². The molecular formula is C33H32N6O4. The van der Waals surface area contributed by atoms with Gasteiger partial charge in [-0.1, -0.05) is 42.5 Å². The van der Waals surface area contributed by atoms with Crippen LogP contribution in [0.2, 0.25) is 0 Å². The van der Waals surface area contributed by atoms with Crippen LogP contribution >= 0.6 is 0 Å². The number of anilines is 2. The summed E-state index contributed by atoms with van der Waals surface area (Å²) in [6, 6.07) is 20.0. The third-order valence-corrected chi connectivity index (χ3v) is 7.55. The summed E-state index contributed by atoms with van der Waals surface area (Å²) in [4.78, 5) is 38.8. The average molecular weight is 577 g/mol. The Morgan fingerprint density at radius 1 is 0.977 bits per heavy atom. The molecule has 0 radical (unpaired) electrons. The highest BCUT2D eigenvalue weighted by Crippen LogP contribution is 2.34. The van der Waals surface area contributed by atoms with Crippen molar-refractivity contribution in [2.24, 2.45) is 0 Å². The number of rotatable bonds is 11. The number of aromatic nitrogens is 4. The monoisotopic (exact) mass is 576 g/mol. The van der Waals surface area contributed by atoms with Gasteiger partial charge in [-0.25, -0.2) is 9.78 Å². The molecule has 1 amide bonds. The van der Waals surface area contributed by atoms with E-state index >= 15 is 0 Å². The SMILES string of the molecule is COCCC(=O)Nc1c(C(=O)OC)n(CCc2c[nH]c3ccccc23)c2ncc(NCc3cccc4cccnc34)cc12. The number of nitrogens with zero attached hydrogens (tertiary/aromatic N) is 3. The van der Waals surface area contributed by atoms with E-state index in [1.54, 1.807) is 12.4 Å². The predicted octanol–water partition coefficient (Wildman–Crippen LogP) is 5.68. The van der Waals surface area contributed by atoms with Crippen molar-refractivity contribution >= 4 is 56.1 Å². The quantitative estimate of drug-likeness (QED) is 0.170. The van der Waals surface area contributed by atoms with Crippen molar-refractivity contribution in [3.63, 3.8) is 0 Å². The van der Waals surface area contributed by atoms with Crippen LogP contribution in [0.3, 0.4) is 0 Å². The van der Waals surface area contributed by atoms with E-state index < -0.39 is 5.97 Å². The molecule has 0 spiro atoms. The molecule has 10 heteroatoms. The van der Waals surface area contributed by atoms with E-state index in [2.05, 4.69) is 26.7 Å². The van der Waals surface area contributed by atoms with Crippen LogP contribution in [0.15, 0.2) is 79.3 Å². The molecule has 218 valence electrons. The Morgan fingerprint density at radius 2 is 1.84 bits per heavy atom. The van der Waals surface area contributed by atoms with Crippen LogP contribution < -0.4 is 10.6 Å². The molecular weight excluding hydrogens is 544 g/mol. The maximum atomic E-state index is 13.2. The number of methoxy groups -OCH3 is 2. The molecule has 0 aliphatic carbocycles. The summed E-state index contributed by atoms with van der Waals surface area (Å²) in [5, 5.41) is 9.20. The van der Waals surface area contributed by atoms with E-state index in [0.29, 0.717) is 36.2 Å². The summed E-state index contributed by atoms with van der Waals surface area (Å²) >= 11 is 0. The van der Waals surface area contributed by atoms with E-state index in [9.17, 15) is 9.59 Å². The van der Waals surface area contributed by atoms with Crippen LogP contribution in [0, 0.1) is 0 Å². The molecule has 4 aromatic heterocycles. The number of para-hydroxylation sites is 2. The van der Waals surface area contributed by atoms with Gasteiger partial charge in [0, 0.05) is 54.3 Å². The summed E-state index contributed by atoms with van der Waals surface area (Å²) in [5.41, 5.74) is 6.03. The minimum absolute atomic E-state index is 0.137. The van der Waals surface area contributed by atoms with Gasteiger partial charge in [0.2, 0.25) is 5.91 Å². The first-order valence-corrected chi connectivity index (χ1v) is 14.1. The van der Waals surface area contributed by atoms with Gasteiger partial charge < -0.3 is 29.7 Å². The van der Waals surface area contributed by atoms with Crippen LogP contribution in [0.1, 0.15) is 28.0 Å². The number of esters is 1. The number of H-pyrrole nitrogens is 1. The van der Waals surface area contributed by atoms with Crippen molar-refractivity contribution in [2.75, 3.05) is 31.5 Å². The minimum Gasteiger partial charge on any atom is -0.464 e. The lowest BCUT2D eigenvalue weighted by Crippen LogP contribution is -2.18. The second kappa shape index (κ2) is 12.3. The minimum atomic E-state index is -0.560. The molecule has 10 nitrogen and oxygen atoms in total. The van der Waals surface area contributed by atoms with Gasteiger partial charge in [0.25, 0.3) is 0 Å². The molecule has 6 rings (SSSR count). The average Bonchev–Trinajstić information content (AvgIpc) is 3.59. The second-order valence-corrected chi connectivity index (χ2v) is 10.2. The van der Waals surface area contributed by atoms with Crippen molar-refractivity contribution in [3.05, 3.63) is 96.1 Å². The Labute approximate surface area is 248 Å². The number of nitrogens with one attached hydrogen (secondary N) is 3. The third-order valence-electron chi connectivity index (χ3n) is 7.55. The molecule has 0 fully saturated rings. The lowest BCUT2D eigenvalue weighted by molar-refractivity contribution is -0.117. The van der Waals surface area contributed by atoms with Crippen molar-refractivity contribution in [2.45, 2.75) is 25.9 Å². The summed E-state index contributed by atoms with van der Waals surface area (Å²) in [6.45, 7) is 1.21. The molecule has 0 aliphatic rings. The van der Waals surface area contributed by atoms with Gasteiger partial charge in [0.15, 0.2) is 5.69 Å². The third kappa shape index (κ3) is 5.64. The first-order valence-electron chi connectivity index (χ1n) is 14.1. The van der Waals surface area contributed by atoms with E-state index in [4.69, 9.17) is 14.5 Å². The Hall–Kier alpha value is -5.22. The van der Waals surface area contributed by atoms with Crippen LogP contribution in [-0.2, 0) is 33.8 Å². The Balaban J connectivity index is 1.38. The maximum Gasteiger partial charge on any atom is 0.356 e. The van der Waals surface area contributed by atoms with Crippen LogP contribution in [0.4, 0.5) is 11.4 Å². The second-order valence-electron chi connectivity index (χ2n) is 10.2. The highest BCUT2D eigenvalue weighted by atomic mass is 16.5. The van der Waals surface area contributed by atoms with Gasteiger partial charge in [0.05, 0.1) is 43.2 Å². The number of fused-ring (bicyclic) bond motifs is 3. The van der Waals surface area contributed by atoms with Gasteiger partial charge in [0.1, 0.15) is 5.65 Å². The number of hydrogen-bond donors (Lipinski definition) is 3. The Bertz CT molecular complexity index is 1940. The molecule has 3 N–H and O–H groups in total. The van der Waals surface area contributed by atoms with Crippen molar-refractivity contribution in [1.29, 1.82) is 0 Å². The number of carbonyl (C=O) groups excluding carboxylic acids is 2. The largest absolute Gasteiger partial charge is 0.464 e. The zero-order valence-corrected chi connectivity index (χ0v) is 24.0. The van der Waals surface area contributed by atoms with Crippen molar-refractivity contribution in [3.8, 4) is 0 Å². The first-order chi connectivity index (χ1) is 21.1. The number of carbonyl (C=O) groups is 2. The maximum absolute atomic E-state index is 13.2. The number of aryl methyl sites for hydroxylation is 2. The molecule has 0 atom stereocenters. The highest BCUT2D eigenvalue weighted by Gasteiger charge is 2.26. The number of benzene rings is 2. The zero-order chi connectivity index (χ0) is 29.8. The molecule has 6 aromatic rings. The van der Waals surface area contributed by atoms with Crippen molar-refractivity contribution < 1.29 is 19.1 Å². The lowest BCUT2D eigenvalue weighted by atomic mass is 10.1. The fourth-order valence-electron chi connectivity index (χ4n) is 5.45. The number of pyridine rings is 2. The van der Waals surface area contributed by atoms with E-state index in [1.807, 2.05) is 65.4 Å². The van der Waals surface area contributed by atoms with Gasteiger partial charge in [-0.3, -0.25) is 9.78 Å². The van der Waals surface area contributed by atoms with Crippen LogP contribution in [0.5, 0.6) is 0 Å².